The van der Waals surface area contributed by atoms with Crippen LogP contribution in [0, 0.1) is 10.5 Å². The molecule has 2 rings (SSSR count). The van der Waals surface area contributed by atoms with Crippen LogP contribution in [0.4, 0.5) is 0 Å². The summed E-state index contributed by atoms with van der Waals surface area (Å²) in [6.45, 7) is 1.93. The number of rotatable bonds is 3. The minimum Gasteiger partial charge on any atom is -0.496 e. The molecule has 0 amide bonds. The van der Waals surface area contributed by atoms with Gasteiger partial charge in [-0.1, -0.05) is 22.0 Å². The van der Waals surface area contributed by atoms with Gasteiger partial charge in [0.05, 0.1) is 12.7 Å². The molecule has 0 N–H and O–H groups in total. The monoisotopic (exact) mass is 430 g/mol. The topological polar surface area (TPSA) is 26.3 Å². The van der Waals surface area contributed by atoms with Crippen LogP contribution in [0.15, 0.2) is 40.9 Å². The summed E-state index contributed by atoms with van der Waals surface area (Å²) in [7, 11) is 1.58. The van der Waals surface area contributed by atoms with Gasteiger partial charge in [0.25, 0.3) is 0 Å². The Kier molecular flexibility index (Phi) is 4.62. The van der Waals surface area contributed by atoms with Gasteiger partial charge in [0.1, 0.15) is 5.75 Å². The van der Waals surface area contributed by atoms with E-state index in [2.05, 4.69) is 38.5 Å². The Balaban J connectivity index is 2.55. The molecule has 0 unspecified atom stereocenters. The molecule has 0 saturated heterocycles. The molecule has 0 radical (unpaired) electrons. The van der Waals surface area contributed by atoms with Crippen molar-refractivity contribution in [3.63, 3.8) is 0 Å². The summed E-state index contributed by atoms with van der Waals surface area (Å²) in [6.07, 6.45) is 0. The van der Waals surface area contributed by atoms with Gasteiger partial charge in [0.2, 0.25) is 0 Å². The summed E-state index contributed by atoms with van der Waals surface area (Å²) in [5.41, 5.74) is 2.24. The highest BCUT2D eigenvalue weighted by atomic mass is 127. The SMILES string of the molecule is COc1ccc(I)cc1C(=O)c1cc(Br)ccc1C. The first-order valence-corrected chi connectivity index (χ1v) is 7.54. The van der Waals surface area contributed by atoms with E-state index < -0.39 is 0 Å². The molecule has 0 bridgehead atoms. The van der Waals surface area contributed by atoms with E-state index in [9.17, 15) is 4.79 Å². The number of benzene rings is 2. The molecule has 2 aromatic carbocycles. The Morgan fingerprint density at radius 1 is 1.16 bits per heavy atom. The first-order valence-electron chi connectivity index (χ1n) is 5.67. The van der Waals surface area contributed by atoms with Gasteiger partial charge in [-0.25, -0.2) is 0 Å². The molecule has 19 heavy (non-hydrogen) atoms. The van der Waals surface area contributed by atoms with E-state index in [0.717, 1.165) is 13.6 Å². The zero-order valence-corrected chi connectivity index (χ0v) is 14.3. The first-order chi connectivity index (χ1) is 9.02. The minimum atomic E-state index is -0.0193. The van der Waals surface area contributed by atoms with E-state index in [1.165, 1.54) is 0 Å². The largest absolute Gasteiger partial charge is 0.496 e. The number of methoxy groups -OCH3 is 1. The number of carbonyl (C=O) groups excluding carboxylic acids is 1. The van der Waals surface area contributed by atoms with Gasteiger partial charge < -0.3 is 4.74 Å². The maximum atomic E-state index is 12.6. The van der Waals surface area contributed by atoms with Crippen molar-refractivity contribution in [3.05, 3.63) is 61.1 Å². The lowest BCUT2D eigenvalue weighted by atomic mass is 9.98. The van der Waals surface area contributed by atoms with E-state index in [1.807, 2.05) is 43.3 Å². The lowest BCUT2D eigenvalue weighted by Gasteiger charge is -2.10. The van der Waals surface area contributed by atoms with E-state index in [4.69, 9.17) is 4.74 Å². The Bertz CT molecular complexity index is 638. The standard InChI is InChI=1S/C15H12BrIO2/c1-9-3-4-10(16)7-12(9)15(18)13-8-11(17)5-6-14(13)19-2/h3-8H,1-2H3. The van der Waals surface area contributed by atoms with Crippen LogP contribution in [0.1, 0.15) is 21.5 Å². The van der Waals surface area contributed by atoms with Gasteiger partial charge in [-0.15, -0.1) is 0 Å². The van der Waals surface area contributed by atoms with Gasteiger partial charge in [0.15, 0.2) is 5.78 Å². The quantitative estimate of drug-likeness (QED) is 0.525. The van der Waals surface area contributed by atoms with Gasteiger partial charge in [-0.05, 0) is 65.4 Å². The molecule has 0 aromatic heterocycles. The van der Waals surface area contributed by atoms with Crippen LogP contribution in [0.2, 0.25) is 0 Å². The molecule has 98 valence electrons. The van der Waals surface area contributed by atoms with Crippen molar-refractivity contribution in [1.29, 1.82) is 0 Å². The molecule has 0 spiro atoms. The smallest absolute Gasteiger partial charge is 0.197 e. The Labute approximate surface area is 134 Å². The maximum Gasteiger partial charge on any atom is 0.197 e. The number of halogens is 2. The highest BCUT2D eigenvalue weighted by Crippen LogP contribution is 2.26. The second-order valence-electron chi connectivity index (χ2n) is 4.13. The molecule has 0 atom stereocenters. The van der Waals surface area contributed by atoms with Crippen molar-refractivity contribution in [2.24, 2.45) is 0 Å². The van der Waals surface area contributed by atoms with E-state index >= 15 is 0 Å². The predicted octanol–water partition coefficient (Wildman–Crippen LogP) is 4.60. The molecule has 2 nitrogen and oxygen atoms in total. The zero-order valence-electron chi connectivity index (χ0n) is 10.5. The molecule has 0 aliphatic rings. The zero-order chi connectivity index (χ0) is 14.0. The van der Waals surface area contributed by atoms with Crippen LogP contribution >= 0.6 is 38.5 Å². The predicted molar refractivity (Wildman–Crippen MR) is 88.0 cm³/mol. The lowest BCUT2D eigenvalue weighted by molar-refractivity contribution is 0.103. The van der Waals surface area contributed by atoms with E-state index in [-0.39, 0.29) is 5.78 Å². The average molecular weight is 431 g/mol. The number of aryl methyl sites for hydroxylation is 1. The fourth-order valence-corrected chi connectivity index (χ4v) is 2.69. The lowest BCUT2D eigenvalue weighted by Crippen LogP contribution is -2.06. The van der Waals surface area contributed by atoms with Crippen molar-refractivity contribution in [1.82, 2.24) is 0 Å². The molecule has 4 heteroatoms. The Morgan fingerprint density at radius 2 is 1.89 bits per heavy atom. The summed E-state index contributed by atoms with van der Waals surface area (Å²) in [6, 6.07) is 11.3. The van der Waals surface area contributed by atoms with Crippen LogP contribution in [-0.2, 0) is 0 Å². The van der Waals surface area contributed by atoms with Gasteiger partial charge >= 0.3 is 0 Å². The summed E-state index contributed by atoms with van der Waals surface area (Å²) in [4.78, 5) is 12.6. The van der Waals surface area contributed by atoms with Gasteiger partial charge in [0, 0.05) is 13.6 Å². The third-order valence-electron chi connectivity index (χ3n) is 2.85. The molecule has 2 aromatic rings. The van der Waals surface area contributed by atoms with Crippen molar-refractivity contribution in [2.45, 2.75) is 6.92 Å². The number of ketones is 1. The highest BCUT2D eigenvalue weighted by molar-refractivity contribution is 14.1. The van der Waals surface area contributed by atoms with Gasteiger partial charge in [-0.2, -0.15) is 0 Å². The number of hydrogen-bond donors (Lipinski definition) is 0. The minimum absolute atomic E-state index is 0.0193. The average Bonchev–Trinajstić information content (AvgIpc) is 2.40. The molecule has 0 fully saturated rings. The third-order valence-corrected chi connectivity index (χ3v) is 4.01. The van der Waals surface area contributed by atoms with Crippen LogP contribution in [0.5, 0.6) is 5.75 Å². The summed E-state index contributed by atoms with van der Waals surface area (Å²) in [5, 5.41) is 0. The van der Waals surface area contributed by atoms with Crippen molar-refractivity contribution < 1.29 is 9.53 Å². The second-order valence-corrected chi connectivity index (χ2v) is 6.29. The normalized spacial score (nSPS) is 10.3. The highest BCUT2D eigenvalue weighted by Gasteiger charge is 2.17. The third kappa shape index (κ3) is 3.17. The molecular weight excluding hydrogens is 419 g/mol. The van der Waals surface area contributed by atoms with Crippen molar-refractivity contribution in [3.8, 4) is 5.75 Å². The Hall–Kier alpha value is -0.880. The maximum absolute atomic E-state index is 12.6. The molecule has 0 saturated carbocycles. The van der Waals surface area contributed by atoms with Crippen molar-refractivity contribution in [2.75, 3.05) is 7.11 Å². The molecule has 0 aliphatic heterocycles. The summed E-state index contributed by atoms with van der Waals surface area (Å²) in [5.74, 6) is 0.582. The number of ether oxygens (including phenoxy) is 1. The molecule has 0 heterocycles. The summed E-state index contributed by atoms with van der Waals surface area (Å²) >= 11 is 5.59. The van der Waals surface area contributed by atoms with Crippen LogP contribution in [0.25, 0.3) is 0 Å². The van der Waals surface area contributed by atoms with Gasteiger partial charge in [-0.3, -0.25) is 4.79 Å². The van der Waals surface area contributed by atoms with Crippen LogP contribution in [0.3, 0.4) is 0 Å². The van der Waals surface area contributed by atoms with Crippen molar-refractivity contribution >= 4 is 44.3 Å². The molecule has 0 aliphatic carbocycles. The number of carbonyl (C=O) groups is 1. The van der Waals surface area contributed by atoms with E-state index in [1.54, 1.807) is 7.11 Å². The van der Waals surface area contributed by atoms with Crippen LogP contribution < -0.4 is 4.74 Å². The molecular formula is C15H12BrIO2. The Morgan fingerprint density at radius 3 is 2.58 bits per heavy atom. The second kappa shape index (κ2) is 6.05. The van der Waals surface area contributed by atoms with Crippen LogP contribution in [-0.4, -0.2) is 12.9 Å². The summed E-state index contributed by atoms with van der Waals surface area (Å²) < 4.78 is 7.18. The first kappa shape index (κ1) is 14.5. The fraction of sp³-hybridized carbons (Fsp3) is 0.133. The fourth-order valence-electron chi connectivity index (χ4n) is 1.84. The number of hydrogen-bond acceptors (Lipinski definition) is 2. The van der Waals surface area contributed by atoms with E-state index in [0.29, 0.717) is 16.9 Å².